The van der Waals surface area contributed by atoms with Crippen LogP contribution in [0.1, 0.15) is 45.4 Å². The normalized spacial score (nSPS) is 19.4. The van der Waals surface area contributed by atoms with Crippen molar-refractivity contribution >= 4 is 10.1 Å². The van der Waals surface area contributed by atoms with Crippen molar-refractivity contribution in [2.75, 3.05) is 19.0 Å². The average molecular weight is 250 g/mol. The van der Waals surface area contributed by atoms with Gasteiger partial charge in [-0.15, -0.1) is 0 Å². The Labute approximate surface area is 98.1 Å². The van der Waals surface area contributed by atoms with E-state index in [1.165, 1.54) is 19.3 Å². The molecule has 1 N–H and O–H groups in total. The number of hydrogen-bond donors (Lipinski definition) is 1. The minimum Gasteiger partial charge on any atom is -0.380 e. The van der Waals surface area contributed by atoms with Crippen molar-refractivity contribution in [2.24, 2.45) is 5.41 Å². The van der Waals surface area contributed by atoms with Gasteiger partial charge in [-0.2, -0.15) is 8.42 Å². The fourth-order valence-corrected chi connectivity index (χ4v) is 2.77. The highest BCUT2D eigenvalue weighted by Gasteiger charge is 2.38. The van der Waals surface area contributed by atoms with Crippen LogP contribution in [0.15, 0.2) is 0 Å². The molecule has 0 aliphatic carbocycles. The molecule has 5 heteroatoms. The van der Waals surface area contributed by atoms with Gasteiger partial charge in [-0.25, -0.2) is 0 Å². The van der Waals surface area contributed by atoms with Crippen LogP contribution in [-0.2, 0) is 14.9 Å². The summed E-state index contributed by atoms with van der Waals surface area (Å²) in [5.74, 6) is -0.135. The van der Waals surface area contributed by atoms with Crippen molar-refractivity contribution in [1.82, 2.24) is 0 Å². The highest BCUT2D eigenvalue weighted by molar-refractivity contribution is 7.85. The van der Waals surface area contributed by atoms with Gasteiger partial charge in [0.1, 0.15) is 0 Å². The Morgan fingerprint density at radius 3 is 2.31 bits per heavy atom. The number of ether oxygens (including phenoxy) is 1. The van der Waals surface area contributed by atoms with Crippen molar-refractivity contribution in [3.05, 3.63) is 0 Å². The van der Waals surface area contributed by atoms with E-state index < -0.39 is 10.1 Å². The lowest BCUT2D eigenvalue weighted by Gasteiger charge is -2.41. The lowest BCUT2D eigenvalue weighted by Crippen LogP contribution is -2.43. The van der Waals surface area contributed by atoms with Gasteiger partial charge in [0.25, 0.3) is 10.1 Å². The molecule has 0 atom stereocenters. The molecule has 1 fully saturated rings. The Kier molecular flexibility index (Phi) is 5.21. The molecule has 16 heavy (non-hydrogen) atoms. The molecular weight excluding hydrogens is 228 g/mol. The third kappa shape index (κ3) is 4.80. The first-order valence-electron chi connectivity index (χ1n) is 6.00. The molecule has 0 amide bonds. The summed E-state index contributed by atoms with van der Waals surface area (Å²) in [5.41, 5.74) is 0.0174. The van der Waals surface area contributed by atoms with Crippen LogP contribution in [0.25, 0.3) is 0 Å². The zero-order chi connectivity index (χ0) is 12.1. The fourth-order valence-electron chi connectivity index (χ4n) is 2.08. The van der Waals surface area contributed by atoms with E-state index in [0.717, 1.165) is 12.8 Å². The van der Waals surface area contributed by atoms with Gasteiger partial charge in [0.05, 0.1) is 19.0 Å². The molecule has 96 valence electrons. The third-order valence-corrected chi connectivity index (χ3v) is 3.99. The molecule has 4 nitrogen and oxygen atoms in total. The summed E-state index contributed by atoms with van der Waals surface area (Å²) in [5, 5.41) is 0. The predicted octanol–water partition coefficient (Wildman–Crippen LogP) is 2.25. The molecule has 0 aromatic rings. The highest BCUT2D eigenvalue weighted by Crippen LogP contribution is 2.37. The van der Waals surface area contributed by atoms with Crippen LogP contribution in [0.3, 0.4) is 0 Å². The van der Waals surface area contributed by atoms with Crippen molar-refractivity contribution in [3.8, 4) is 0 Å². The lowest BCUT2D eigenvalue weighted by atomic mass is 9.78. The summed E-state index contributed by atoms with van der Waals surface area (Å²) < 4.78 is 35.3. The summed E-state index contributed by atoms with van der Waals surface area (Å²) in [6, 6.07) is 0. The molecule has 1 rings (SSSR count). The van der Waals surface area contributed by atoms with Crippen molar-refractivity contribution in [2.45, 2.75) is 45.4 Å². The first-order chi connectivity index (χ1) is 7.47. The van der Waals surface area contributed by atoms with Crippen LogP contribution < -0.4 is 0 Å². The molecule has 0 bridgehead atoms. The molecule has 0 unspecified atom stereocenters. The first-order valence-corrected chi connectivity index (χ1v) is 7.61. The van der Waals surface area contributed by atoms with Gasteiger partial charge in [-0.05, 0) is 12.8 Å². The topological polar surface area (TPSA) is 63.6 Å². The monoisotopic (exact) mass is 250 g/mol. The molecule has 1 aliphatic heterocycles. The molecule has 0 radical (unpaired) electrons. The Hall–Kier alpha value is -0.130. The molecule has 1 saturated heterocycles. The second-order valence-electron chi connectivity index (χ2n) is 4.84. The molecule has 1 heterocycles. The maximum atomic E-state index is 10.7. The maximum absolute atomic E-state index is 10.7. The molecule has 1 aliphatic rings. The van der Waals surface area contributed by atoms with Crippen molar-refractivity contribution in [1.29, 1.82) is 0 Å². The Balaban J connectivity index is 2.27. The van der Waals surface area contributed by atoms with E-state index in [0.29, 0.717) is 19.6 Å². The van der Waals surface area contributed by atoms with Crippen molar-refractivity contribution in [3.63, 3.8) is 0 Å². The maximum Gasteiger partial charge on any atom is 0.264 e. The summed E-state index contributed by atoms with van der Waals surface area (Å²) in [7, 11) is -3.82. The second-order valence-corrected chi connectivity index (χ2v) is 6.41. The van der Waals surface area contributed by atoms with E-state index in [-0.39, 0.29) is 11.2 Å². The highest BCUT2D eigenvalue weighted by atomic mass is 32.2. The minimum atomic E-state index is -3.82. The van der Waals surface area contributed by atoms with Gasteiger partial charge in [0.15, 0.2) is 0 Å². The predicted molar refractivity (Wildman–Crippen MR) is 63.0 cm³/mol. The Morgan fingerprint density at radius 2 is 1.88 bits per heavy atom. The fraction of sp³-hybridized carbons (Fsp3) is 1.00. The van der Waals surface area contributed by atoms with Crippen LogP contribution in [0, 0.1) is 5.41 Å². The molecule has 0 saturated carbocycles. The summed E-state index contributed by atoms with van der Waals surface area (Å²) in [6.07, 6.45) is 6.30. The lowest BCUT2D eigenvalue weighted by molar-refractivity contribution is -0.119. The van der Waals surface area contributed by atoms with E-state index in [1.807, 2.05) is 0 Å². The zero-order valence-electron chi connectivity index (χ0n) is 9.94. The van der Waals surface area contributed by atoms with E-state index in [2.05, 4.69) is 6.92 Å². The summed E-state index contributed by atoms with van der Waals surface area (Å²) >= 11 is 0. The standard InChI is InChI=1S/C11H22O4S/c1-2-3-4-5-6-11(9-15-10-11)7-8-16(12,13)14/h2-10H2,1H3,(H,12,13,14). The third-order valence-electron chi connectivity index (χ3n) is 3.27. The van der Waals surface area contributed by atoms with Crippen LogP contribution in [-0.4, -0.2) is 31.9 Å². The zero-order valence-corrected chi connectivity index (χ0v) is 10.8. The van der Waals surface area contributed by atoms with E-state index in [1.54, 1.807) is 0 Å². The Morgan fingerprint density at radius 1 is 1.19 bits per heavy atom. The summed E-state index contributed by atoms with van der Waals surface area (Å²) in [6.45, 7) is 3.46. The van der Waals surface area contributed by atoms with Gasteiger partial charge < -0.3 is 4.74 Å². The quantitative estimate of drug-likeness (QED) is 0.530. The van der Waals surface area contributed by atoms with Crippen molar-refractivity contribution < 1.29 is 17.7 Å². The Bertz CT molecular complexity index is 293. The minimum absolute atomic E-state index is 0.0174. The smallest absolute Gasteiger partial charge is 0.264 e. The van der Waals surface area contributed by atoms with Crippen LogP contribution >= 0.6 is 0 Å². The van der Waals surface area contributed by atoms with Crippen LogP contribution in [0.2, 0.25) is 0 Å². The van der Waals surface area contributed by atoms with Crippen LogP contribution in [0.5, 0.6) is 0 Å². The SMILES string of the molecule is CCCCCCC1(CCS(=O)(=O)O)COC1. The summed E-state index contributed by atoms with van der Waals surface area (Å²) in [4.78, 5) is 0. The average Bonchev–Trinajstić information content (AvgIpc) is 2.13. The van der Waals surface area contributed by atoms with E-state index >= 15 is 0 Å². The largest absolute Gasteiger partial charge is 0.380 e. The number of rotatable bonds is 8. The molecule has 0 spiro atoms. The van der Waals surface area contributed by atoms with E-state index in [9.17, 15) is 8.42 Å². The van der Waals surface area contributed by atoms with Gasteiger partial charge in [-0.3, -0.25) is 4.55 Å². The van der Waals surface area contributed by atoms with Gasteiger partial charge in [0.2, 0.25) is 0 Å². The molecule has 0 aromatic carbocycles. The van der Waals surface area contributed by atoms with Gasteiger partial charge >= 0.3 is 0 Å². The first kappa shape index (κ1) is 13.9. The van der Waals surface area contributed by atoms with Gasteiger partial charge in [-0.1, -0.05) is 32.6 Å². The second kappa shape index (κ2) is 5.98. The molecular formula is C11H22O4S. The molecule has 0 aromatic heterocycles. The van der Waals surface area contributed by atoms with Gasteiger partial charge in [0, 0.05) is 5.41 Å². The number of hydrogen-bond acceptors (Lipinski definition) is 3. The van der Waals surface area contributed by atoms with Crippen LogP contribution in [0.4, 0.5) is 0 Å². The van der Waals surface area contributed by atoms with E-state index in [4.69, 9.17) is 9.29 Å². The number of unbranched alkanes of at least 4 members (excludes halogenated alkanes) is 3.